The molecular formula is C21H22FN3OP2. The molecule has 0 saturated carbocycles. The molecule has 0 saturated heterocycles. The van der Waals surface area contributed by atoms with Gasteiger partial charge in [0.1, 0.15) is 11.5 Å². The molecule has 2 unspecified atom stereocenters. The maximum atomic E-state index is 14.2. The molecule has 28 heavy (non-hydrogen) atoms. The highest BCUT2D eigenvalue weighted by Gasteiger charge is 2.17. The van der Waals surface area contributed by atoms with Crippen molar-refractivity contribution in [2.24, 2.45) is 0 Å². The molecule has 2 aromatic heterocycles. The Hall–Kier alpha value is -2.35. The fourth-order valence-corrected chi connectivity index (χ4v) is 3.75. The van der Waals surface area contributed by atoms with E-state index in [0.29, 0.717) is 34.2 Å². The fourth-order valence-electron chi connectivity index (χ4n) is 2.89. The van der Waals surface area contributed by atoms with Gasteiger partial charge in [-0.05, 0) is 36.0 Å². The number of hydrogen-bond acceptors (Lipinski definition) is 3. The minimum Gasteiger partial charge on any atom is -0.382 e. The standard InChI is InChI=1S/C21H22FN3OP2/c1-2-3-4-5-6-7-16(26)13-8-9-19-24-21(23)20(25(19)12-13)14-10-15(22)18(28)11-17(14)27/h3-6,8-12H,2,7,23,27-28H2,1H3/b4-3-,6-5-. The van der Waals surface area contributed by atoms with E-state index in [4.69, 9.17) is 5.73 Å². The molecule has 2 atom stereocenters. The highest BCUT2D eigenvalue weighted by molar-refractivity contribution is 7.29. The topological polar surface area (TPSA) is 60.4 Å². The molecule has 0 fully saturated rings. The van der Waals surface area contributed by atoms with E-state index in [0.717, 1.165) is 11.7 Å². The smallest absolute Gasteiger partial charge is 0.168 e. The monoisotopic (exact) mass is 413 g/mol. The van der Waals surface area contributed by atoms with Crippen molar-refractivity contribution in [2.45, 2.75) is 19.8 Å². The van der Waals surface area contributed by atoms with Gasteiger partial charge in [-0.25, -0.2) is 9.37 Å². The number of hydrogen-bond donors (Lipinski definition) is 1. The number of allylic oxidation sites excluding steroid dienone is 4. The Morgan fingerprint density at radius 1 is 1.21 bits per heavy atom. The highest BCUT2D eigenvalue weighted by atomic mass is 31.0. The van der Waals surface area contributed by atoms with Gasteiger partial charge in [0.15, 0.2) is 11.6 Å². The molecule has 1 aromatic carbocycles. The molecule has 0 amide bonds. The second kappa shape index (κ2) is 8.77. The van der Waals surface area contributed by atoms with Gasteiger partial charge >= 0.3 is 0 Å². The van der Waals surface area contributed by atoms with Crippen LogP contribution in [0.15, 0.2) is 54.8 Å². The lowest BCUT2D eigenvalue weighted by atomic mass is 10.1. The van der Waals surface area contributed by atoms with E-state index in [1.54, 1.807) is 28.8 Å². The van der Waals surface area contributed by atoms with Crippen molar-refractivity contribution in [1.82, 2.24) is 9.38 Å². The molecule has 7 heteroatoms. The highest BCUT2D eigenvalue weighted by Crippen LogP contribution is 2.28. The second-order valence-corrected chi connectivity index (χ2v) is 7.59. The third-order valence-corrected chi connectivity index (χ3v) is 5.23. The number of fused-ring (bicyclic) bond motifs is 1. The minimum atomic E-state index is -0.349. The van der Waals surface area contributed by atoms with Gasteiger partial charge in [-0.15, -0.1) is 18.5 Å². The number of carbonyl (C=O) groups excluding carboxylic acids is 1. The van der Waals surface area contributed by atoms with E-state index in [9.17, 15) is 9.18 Å². The van der Waals surface area contributed by atoms with E-state index in [-0.39, 0.29) is 17.4 Å². The quantitative estimate of drug-likeness (QED) is 0.380. The summed E-state index contributed by atoms with van der Waals surface area (Å²) in [5.74, 6) is -0.0780. The van der Waals surface area contributed by atoms with Crippen molar-refractivity contribution in [2.75, 3.05) is 5.73 Å². The lowest BCUT2D eigenvalue weighted by Gasteiger charge is -2.09. The lowest BCUT2D eigenvalue weighted by molar-refractivity contribution is 0.0995. The predicted molar refractivity (Wildman–Crippen MR) is 121 cm³/mol. The van der Waals surface area contributed by atoms with Gasteiger partial charge in [-0.3, -0.25) is 9.20 Å². The van der Waals surface area contributed by atoms with Gasteiger partial charge in [-0.2, -0.15) is 0 Å². The number of nitrogens with zero attached hydrogens (tertiary/aromatic N) is 2. The van der Waals surface area contributed by atoms with Gasteiger partial charge in [0, 0.05) is 29.0 Å². The Morgan fingerprint density at radius 3 is 2.71 bits per heavy atom. The first-order valence-corrected chi connectivity index (χ1v) is 10.0. The van der Waals surface area contributed by atoms with E-state index in [2.05, 4.69) is 30.4 Å². The number of halogens is 1. The number of anilines is 1. The number of imidazole rings is 1. The van der Waals surface area contributed by atoms with Gasteiger partial charge < -0.3 is 5.73 Å². The Morgan fingerprint density at radius 2 is 1.96 bits per heavy atom. The third-order valence-electron chi connectivity index (χ3n) is 4.31. The first-order chi connectivity index (χ1) is 13.4. The van der Waals surface area contributed by atoms with Crippen LogP contribution in [0, 0.1) is 5.82 Å². The first-order valence-electron chi connectivity index (χ1n) is 8.89. The summed E-state index contributed by atoms with van der Waals surface area (Å²) in [5, 5.41) is 1.27. The summed E-state index contributed by atoms with van der Waals surface area (Å²) in [6, 6.07) is 6.62. The van der Waals surface area contributed by atoms with Crippen LogP contribution >= 0.6 is 18.5 Å². The lowest BCUT2D eigenvalue weighted by Crippen LogP contribution is -2.10. The summed E-state index contributed by atoms with van der Waals surface area (Å²) in [4.78, 5) is 16.9. The Labute approximate surface area is 168 Å². The third kappa shape index (κ3) is 4.22. The predicted octanol–water partition coefficient (Wildman–Crippen LogP) is 3.82. The van der Waals surface area contributed by atoms with Gasteiger partial charge in [0.05, 0.1) is 5.69 Å². The molecule has 0 aliphatic rings. The summed E-state index contributed by atoms with van der Waals surface area (Å²) in [6.07, 6.45) is 10.6. The van der Waals surface area contributed by atoms with Crippen LogP contribution < -0.4 is 16.3 Å². The van der Waals surface area contributed by atoms with Crippen molar-refractivity contribution in [3.8, 4) is 11.3 Å². The van der Waals surface area contributed by atoms with Crippen LogP contribution in [-0.4, -0.2) is 15.2 Å². The average molecular weight is 413 g/mol. The van der Waals surface area contributed by atoms with Crippen molar-refractivity contribution in [3.63, 3.8) is 0 Å². The number of nitrogen functional groups attached to an aromatic ring is 1. The van der Waals surface area contributed by atoms with Crippen LogP contribution in [-0.2, 0) is 0 Å². The maximum absolute atomic E-state index is 14.2. The maximum Gasteiger partial charge on any atom is 0.168 e. The molecule has 3 rings (SSSR count). The molecule has 0 bridgehead atoms. The zero-order valence-electron chi connectivity index (χ0n) is 15.5. The first kappa shape index (κ1) is 20.4. The number of rotatable bonds is 6. The van der Waals surface area contributed by atoms with E-state index in [1.807, 2.05) is 24.3 Å². The minimum absolute atomic E-state index is 0.0150. The Kier molecular flexibility index (Phi) is 6.39. The molecule has 0 aliphatic heterocycles. The molecule has 2 heterocycles. The number of Topliss-reactive ketones (excluding diaryl/α,β-unsaturated/α-hetero) is 1. The number of benzene rings is 1. The summed E-state index contributed by atoms with van der Waals surface area (Å²) < 4.78 is 15.9. The number of nitrogens with two attached hydrogens (primary N) is 1. The number of pyridine rings is 1. The largest absolute Gasteiger partial charge is 0.382 e. The van der Waals surface area contributed by atoms with Crippen LogP contribution in [0.5, 0.6) is 0 Å². The van der Waals surface area contributed by atoms with Crippen molar-refractivity contribution >= 4 is 46.3 Å². The normalized spacial score (nSPS) is 11.9. The summed E-state index contributed by atoms with van der Waals surface area (Å²) in [6.45, 7) is 2.05. The van der Waals surface area contributed by atoms with Crippen LogP contribution in [0.1, 0.15) is 30.1 Å². The molecule has 0 aliphatic carbocycles. The Bertz CT molecular complexity index is 1100. The van der Waals surface area contributed by atoms with Crippen LogP contribution in [0.3, 0.4) is 0 Å². The molecule has 3 aromatic rings. The molecule has 4 nitrogen and oxygen atoms in total. The number of aromatic nitrogens is 2. The van der Waals surface area contributed by atoms with Crippen LogP contribution in [0.4, 0.5) is 10.2 Å². The molecule has 0 spiro atoms. The van der Waals surface area contributed by atoms with E-state index < -0.39 is 0 Å². The zero-order valence-corrected chi connectivity index (χ0v) is 17.8. The molecule has 0 radical (unpaired) electrons. The van der Waals surface area contributed by atoms with Crippen molar-refractivity contribution < 1.29 is 9.18 Å². The van der Waals surface area contributed by atoms with E-state index >= 15 is 0 Å². The molecule has 144 valence electrons. The fraction of sp³-hybridized carbons (Fsp3) is 0.143. The molecular weight excluding hydrogens is 391 g/mol. The van der Waals surface area contributed by atoms with Gasteiger partial charge in [0.25, 0.3) is 0 Å². The summed E-state index contributed by atoms with van der Waals surface area (Å²) in [5.41, 5.74) is 8.46. The summed E-state index contributed by atoms with van der Waals surface area (Å²) in [7, 11) is 4.96. The summed E-state index contributed by atoms with van der Waals surface area (Å²) >= 11 is 0. The van der Waals surface area contributed by atoms with Crippen molar-refractivity contribution in [1.29, 1.82) is 0 Å². The van der Waals surface area contributed by atoms with Crippen LogP contribution in [0.2, 0.25) is 0 Å². The second-order valence-electron chi connectivity index (χ2n) is 6.34. The number of carbonyl (C=O) groups is 1. The Balaban J connectivity index is 2.02. The van der Waals surface area contributed by atoms with E-state index in [1.165, 1.54) is 6.07 Å². The van der Waals surface area contributed by atoms with Crippen molar-refractivity contribution in [3.05, 3.63) is 66.1 Å². The molecule has 2 N–H and O–H groups in total. The van der Waals surface area contributed by atoms with Gasteiger partial charge in [-0.1, -0.05) is 31.2 Å². The average Bonchev–Trinajstić information content (AvgIpc) is 2.99. The zero-order chi connectivity index (χ0) is 20.3. The van der Waals surface area contributed by atoms with Crippen LogP contribution in [0.25, 0.3) is 16.9 Å². The number of ketones is 1. The SMILES string of the molecule is CC/C=C\C=C/CC(=O)c1ccc2nc(N)c(-c3cc(F)c(P)cc3P)n2c1. The van der Waals surface area contributed by atoms with Gasteiger partial charge in [0.2, 0.25) is 0 Å².